The number of nitrogens with zero attached hydrogens (tertiary/aromatic N) is 1. The molecule has 78 valence electrons. The maximum absolute atomic E-state index is 8.77. The Balaban J connectivity index is 2.28. The molecule has 0 radical (unpaired) electrons. The van der Waals surface area contributed by atoms with Gasteiger partial charge < -0.3 is 4.74 Å². The van der Waals surface area contributed by atoms with E-state index in [0.29, 0.717) is 11.3 Å². The molecule has 0 spiro atoms. The second kappa shape index (κ2) is 4.82. The molecule has 16 heavy (non-hydrogen) atoms. The van der Waals surface area contributed by atoms with Crippen LogP contribution in [-0.4, -0.2) is 0 Å². The second-order valence-corrected chi connectivity index (χ2v) is 4.03. The van der Waals surface area contributed by atoms with Crippen molar-refractivity contribution in [2.75, 3.05) is 0 Å². The van der Waals surface area contributed by atoms with Gasteiger partial charge in [0, 0.05) is 0 Å². The van der Waals surface area contributed by atoms with Gasteiger partial charge in [0.25, 0.3) is 0 Å². The van der Waals surface area contributed by atoms with E-state index in [4.69, 9.17) is 10.00 Å². The van der Waals surface area contributed by atoms with E-state index in [9.17, 15) is 0 Å². The normalized spacial score (nSPS) is 9.50. The van der Waals surface area contributed by atoms with Gasteiger partial charge in [-0.25, -0.2) is 0 Å². The predicted octanol–water partition coefficient (Wildman–Crippen LogP) is 4.11. The quantitative estimate of drug-likeness (QED) is 0.825. The summed E-state index contributed by atoms with van der Waals surface area (Å²) in [6.45, 7) is 0. The van der Waals surface area contributed by atoms with E-state index in [1.165, 1.54) is 0 Å². The lowest BCUT2D eigenvalue weighted by Gasteiger charge is -2.07. The van der Waals surface area contributed by atoms with E-state index >= 15 is 0 Å². The number of ether oxygens (including phenoxy) is 1. The molecule has 2 rings (SSSR count). The standard InChI is InChI=1S/C13H8BrNO/c14-12-6-1-2-7-13(12)16-11-5-3-4-10(8-11)9-15/h1-8H. The third-order valence-corrected chi connectivity index (χ3v) is 2.68. The molecule has 0 bridgehead atoms. The summed E-state index contributed by atoms with van der Waals surface area (Å²) < 4.78 is 6.54. The SMILES string of the molecule is N#Cc1cccc(Oc2ccccc2Br)c1. The van der Waals surface area contributed by atoms with E-state index in [-0.39, 0.29) is 0 Å². The van der Waals surface area contributed by atoms with E-state index in [1.54, 1.807) is 18.2 Å². The van der Waals surface area contributed by atoms with Gasteiger partial charge in [-0.15, -0.1) is 0 Å². The van der Waals surface area contributed by atoms with Crippen LogP contribution in [0.4, 0.5) is 0 Å². The average Bonchev–Trinajstić information content (AvgIpc) is 2.32. The molecule has 0 aromatic heterocycles. The fourth-order valence-electron chi connectivity index (χ4n) is 1.28. The number of nitriles is 1. The third-order valence-electron chi connectivity index (χ3n) is 2.03. The number of benzene rings is 2. The lowest BCUT2D eigenvalue weighted by atomic mass is 10.2. The predicted molar refractivity (Wildman–Crippen MR) is 65.4 cm³/mol. The Hall–Kier alpha value is -1.79. The van der Waals surface area contributed by atoms with Crippen LogP contribution >= 0.6 is 15.9 Å². The molecule has 2 aromatic rings. The van der Waals surface area contributed by atoms with E-state index in [0.717, 1.165) is 10.2 Å². The van der Waals surface area contributed by atoms with Gasteiger partial charge in [-0.2, -0.15) is 5.26 Å². The number of hydrogen-bond donors (Lipinski definition) is 0. The van der Waals surface area contributed by atoms with Crippen LogP contribution in [0.25, 0.3) is 0 Å². The van der Waals surface area contributed by atoms with Crippen molar-refractivity contribution in [3.05, 3.63) is 58.6 Å². The van der Waals surface area contributed by atoms with E-state index in [1.807, 2.05) is 30.3 Å². The molecule has 0 saturated heterocycles. The van der Waals surface area contributed by atoms with Gasteiger partial charge in [-0.05, 0) is 46.3 Å². The van der Waals surface area contributed by atoms with Crippen LogP contribution in [0.15, 0.2) is 53.0 Å². The van der Waals surface area contributed by atoms with E-state index in [2.05, 4.69) is 22.0 Å². The Bertz CT molecular complexity index is 546. The molecule has 0 amide bonds. The number of para-hydroxylation sites is 1. The first-order valence-corrected chi connectivity index (χ1v) is 5.51. The van der Waals surface area contributed by atoms with Crippen LogP contribution in [0.1, 0.15) is 5.56 Å². The summed E-state index contributed by atoms with van der Waals surface area (Å²) >= 11 is 3.40. The highest BCUT2D eigenvalue weighted by Crippen LogP contribution is 2.29. The molecular weight excluding hydrogens is 266 g/mol. The Labute approximate surface area is 102 Å². The van der Waals surface area contributed by atoms with Crippen molar-refractivity contribution in [3.8, 4) is 17.6 Å². The first kappa shape index (κ1) is 10.7. The summed E-state index contributed by atoms with van der Waals surface area (Å²) in [7, 11) is 0. The third kappa shape index (κ3) is 2.41. The van der Waals surface area contributed by atoms with E-state index < -0.39 is 0 Å². The molecule has 0 N–H and O–H groups in total. The number of halogens is 1. The lowest BCUT2D eigenvalue weighted by Crippen LogP contribution is -1.85. The zero-order chi connectivity index (χ0) is 11.4. The summed E-state index contributed by atoms with van der Waals surface area (Å²) in [4.78, 5) is 0. The first-order valence-electron chi connectivity index (χ1n) is 4.72. The fourth-order valence-corrected chi connectivity index (χ4v) is 1.65. The highest BCUT2D eigenvalue weighted by Gasteiger charge is 2.01. The summed E-state index contributed by atoms with van der Waals surface area (Å²) in [5.74, 6) is 1.39. The molecule has 0 heterocycles. The molecular formula is C13H8BrNO. The number of hydrogen-bond acceptors (Lipinski definition) is 2. The maximum atomic E-state index is 8.77. The van der Waals surface area contributed by atoms with Crippen molar-refractivity contribution in [2.24, 2.45) is 0 Å². The van der Waals surface area contributed by atoms with Gasteiger partial charge in [0.05, 0.1) is 16.1 Å². The first-order chi connectivity index (χ1) is 7.79. The van der Waals surface area contributed by atoms with Crippen LogP contribution in [0.3, 0.4) is 0 Å². The molecule has 0 atom stereocenters. The lowest BCUT2D eigenvalue weighted by molar-refractivity contribution is 0.479. The van der Waals surface area contributed by atoms with Crippen molar-refractivity contribution in [3.63, 3.8) is 0 Å². The van der Waals surface area contributed by atoms with Crippen molar-refractivity contribution in [1.82, 2.24) is 0 Å². The summed E-state index contributed by atoms with van der Waals surface area (Å²) in [5.41, 5.74) is 0.588. The molecule has 3 heteroatoms. The van der Waals surface area contributed by atoms with Crippen LogP contribution in [0, 0.1) is 11.3 Å². The van der Waals surface area contributed by atoms with Crippen LogP contribution in [-0.2, 0) is 0 Å². The van der Waals surface area contributed by atoms with Gasteiger partial charge >= 0.3 is 0 Å². The Morgan fingerprint density at radius 3 is 2.62 bits per heavy atom. The summed E-state index contributed by atoms with van der Waals surface area (Å²) in [5, 5.41) is 8.77. The van der Waals surface area contributed by atoms with Crippen molar-refractivity contribution >= 4 is 15.9 Å². The zero-order valence-corrected chi connectivity index (χ0v) is 9.94. The van der Waals surface area contributed by atoms with Gasteiger partial charge in [0.15, 0.2) is 0 Å². The second-order valence-electron chi connectivity index (χ2n) is 3.17. The topological polar surface area (TPSA) is 33.0 Å². The number of rotatable bonds is 2. The van der Waals surface area contributed by atoms with Crippen molar-refractivity contribution in [1.29, 1.82) is 5.26 Å². The highest BCUT2D eigenvalue weighted by molar-refractivity contribution is 9.10. The van der Waals surface area contributed by atoms with Gasteiger partial charge in [0.2, 0.25) is 0 Å². The Morgan fingerprint density at radius 2 is 1.88 bits per heavy atom. The zero-order valence-electron chi connectivity index (χ0n) is 8.35. The molecule has 2 aromatic carbocycles. The van der Waals surface area contributed by atoms with Crippen LogP contribution in [0.2, 0.25) is 0 Å². The van der Waals surface area contributed by atoms with Gasteiger partial charge in [-0.1, -0.05) is 18.2 Å². The molecule has 2 nitrogen and oxygen atoms in total. The smallest absolute Gasteiger partial charge is 0.141 e. The van der Waals surface area contributed by atoms with Gasteiger partial charge in [0.1, 0.15) is 11.5 Å². The van der Waals surface area contributed by atoms with Gasteiger partial charge in [-0.3, -0.25) is 0 Å². The molecule has 0 aliphatic heterocycles. The van der Waals surface area contributed by atoms with Crippen LogP contribution in [0.5, 0.6) is 11.5 Å². The average molecular weight is 274 g/mol. The highest BCUT2D eigenvalue weighted by atomic mass is 79.9. The molecule has 0 fully saturated rings. The molecule has 0 saturated carbocycles. The summed E-state index contributed by atoms with van der Waals surface area (Å²) in [6.07, 6.45) is 0. The van der Waals surface area contributed by atoms with Crippen molar-refractivity contribution < 1.29 is 4.74 Å². The van der Waals surface area contributed by atoms with Crippen LogP contribution < -0.4 is 4.74 Å². The Kier molecular flexibility index (Phi) is 3.23. The molecule has 0 aliphatic carbocycles. The largest absolute Gasteiger partial charge is 0.456 e. The minimum atomic E-state index is 0.588. The fraction of sp³-hybridized carbons (Fsp3) is 0. The monoisotopic (exact) mass is 273 g/mol. The minimum absolute atomic E-state index is 0.588. The molecule has 0 unspecified atom stereocenters. The van der Waals surface area contributed by atoms with Crippen molar-refractivity contribution in [2.45, 2.75) is 0 Å². The summed E-state index contributed by atoms with van der Waals surface area (Å²) in [6, 6.07) is 16.7. The minimum Gasteiger partial charge on any atom is -0.456 e. The Morgan fingerprint density at radius 1 is 1.06 bits per heavy atom. The maximum Gasteiger partial charge on any atom is 0.141 e. The molecule has 0 aliphatic rings.